The van der Waals surface area contributed by atoms with Gasteiger partial charge in [0, 0.05) is 5.39 Å². The Labute approximate surface area is 130 Å². The van der Waals surface area contributed by atoms with Crippen LogP contribution in [0.1, 0.15) is 38.2 Å². The number of rotatable bonds is 3. The van der Waals surface area contributed by atoms with E-state index in [1.165, 1.54) is 12.8 Å². The molecule has 0 saturated heterocycles. The van der Waals surface area contributed by atoms with Crippen LogP contribution in [0, 0.1) is 5.92 Å². The van der Waals surface area contributed by atoms with E-state index < -0.39 is 0 Å². The highest BCUT2D eigenvalue weighted by molar-refractivity contribution is 7.80. The maximum absolute atomic E-state index is 6.15. The summed E-state index contributed by atoms with van der Waals surface area (Å²) >= 11 is 5.16. The van der Waals surface area contributed by atoms with Gasteiger partial charge in [-0.3, -0.25) is 0 Å². The third-order valence-electron chi connectivity index (χ3n) is 4.12. The van der Waals surface area contributed by atoms with E-state index in [1.54, 1.807) is 0 Å². The minimum atomic E-state index is 0.218. The average Bonchev–Trinajstić information content (AvgIpc) is 2.46. The van der Waals surface area contributed by atoms with Gasteiger partial charge in [0.25, 0.3) is 0 Å². The van der Waals surface area contributed by atoms with Crippen LogP contribution in [-0.2, 0) is 0 Å². The molecule has 1 heterocycles. The lowest BCUT2D eigenvalue weighted by molar-refractivity contribution is 0.124. The molecule has 1 aliphatic carbocycles. The molecular formula is C17H20N2OS. The number of fused-ring (bicyclic) bond motifs is 1. The largest absolute Gasteiger partial charge is 0.474 e. The molecule has 2 aromatic rings. The Bertz CT molecular complexity index is 671. The number of ether oxygens (including phenoxy) is 1. The molecule has 2 N–H and O–H groups in total. The second-order valence-electron chi connectivity index (χ2n) is 5.91. The van der Waals surface area contributed by atoms with Crippen molar-refractivity contribution in [1.29, 1.82) is 0 Å². The highest BCUT2D eigenvalue weighted by Crippen LogP contribution is 2.29. The Balaban J connectivity index is 1.95. The van der Waals surface area contributed by atoms with Gasteiger partial charge in [-0.05, 0) is 37.3 Å². The fourth-order valence-corrected chi connectivity index (χ4v) is 3.15. The van der Waals surface area contributed by atoms with Crippen LogP contribution in [0.5, 0.6) is 5.88 Å². The van der Waals surface area contributed by atoms with E-state index in [1.807, 2.05) is 30.3 Å². The molecule has 0 amide bonds. The number of aromatic nitrogens is 1. The molecule has 1 aromatic carbocycles. The SMILES string of the molecule is CC1CCCC(Oc2nc3ccccc3cc2C(N)=S)C1. The fourth-order valence-electron chi connectivity index (χ4n) is 3.01. The van der Waals surface area contributed by atoms with Crippen molar-refractivity contribution in [2.75, 3.05) is 0 Å². The van der Waals surface area contributed by atoms with Crippen LogP contribution in [0.3, 0.4) is 0 Å². The molecule has 2 unspecified atom stereocenters. The highest BCUT2D eigenvalue weighted by atomic mass is 32.1. The van der Waals surface area contributed by atoms with Crippen molar-refractivity contribution >= 4 is 28.1 Å². The molecule has 21 heavy (non-hydrogen) atoms. The molecule has 110 valence electrons. The zero-order valence-electron chi connectivity index (χ0n) is 12.2. The normalized spacial score (nSPS) is 22.1. The Morgan fingerprint density at radius 1 is 1.33 bits per heavy atom. The predicted octanol–water partition coefficient (Wildman–Crippen LogP) is 3.83. The van der Waals surface area contributed by atoms with Crippen LogP contribution < -0.4 is 10.5 Å². The van der Waals surface area contributed by atoms with Gasteiger partial charge in [0.1, 0.15) is 11.1 Å². The van der Waals surface area contributed by atoms with Gasteiger partial charge in [-0.2, -0.15) is 0 Å². The Kier molecular flexibility index (Phi) is 4.06. The van der Waals surface area contributed by atoms with E-state index in [-0.39, 0.29) is 6.10 Å². The summed E-state index contributed by atoms with van der Waals surface area (Å²) in [6.45, 7) is 2.28. The lowest BCUT2D eigenvalue weighted by Crippen LogP contribution is -2.26. The predicted molar refractivity (Wildman–Crippen MR) is 89.7 cm³/mol. The van der Waals surface area contributed by atoms with Crippen LogP contribution in [0.25, 0.3) is 10.9 Å². The van der Waals surface area contributed by atoms with Crippen molar-refractivity contribution < 1.29 is 4.74 Å². The van der Waals surface area contributed by atoms with Crippen LogP contribution in [0.2, 0.25) is 0 Å². The molecule has 1 aliphatic rings. The molecule has 2 atom stereocenters. The minimum absolute atomic E-state index is 0.218. The van der Waals surface area contributed by atoms with Gasteiger partial charge in [-0.15, -0.1) is 0 Å². The number of benzene rings is 1. The maximum Gasteiger partial charge on any atom is 0.224 e. The van der Waals surface area contributed by atoms with Crippen molar-refractivity contribution in [3.05, 3.63) is 35.9 Å². The second-order valence-corrected chi connectivity index (χ2v) is 6.35. The Morgan fingerprint density at radius 3 is 2.90 bits per heavy atom. The van der Waals surface area contributed by atoms with Crippen LogP contribution in [0.4, 0.5) is 0 Å². The van der Waals surface area contributed by atoms with E-state index in [0.717, 1.165) is 29.3 Å². The molecular weight excluding hydrogens is 280 g/mol. The third kappa shape index (κ3) is 3.16. The molecule has 1 saturated carbocycles. The molecule has 1 aromatic heterocycles. The van der Waals surface area contributed by atoms with E-state index in [9.17, 15) is 0 Å². The first-order chi connectivity index (χ1) is 10.1. The zero-order chi connectivity index (χ0) is 14.8. The molecule has 1 fully saturated rings. The van der Waals surface area contributed by atoms with Crippen molar-refractivity contribution in [3.8, 4) is 5.88 Å². The number of nitrogens with zero attached hydrogens (tertiary/aromatic N) is 1. The average molecular weight is 300 g/mol. The summed E-state index contributed by atoms with van der Waals surface area (Å²) in [5.41, 5.74) is 7.50. The number of thiocarbonyl (C=S) groups is 1. The first kappa shape index (κ1) is 14.3. The van der Waals surface area contributed by atoms with Crippen molar-refractivity contribution in [3.63, 3.8) is 0 Å². The molecule has 0 aliphatic heterocycles. The van der Waals surface area contributed by atoms with Gasteiger partial charge in [0.05, 0.1) is 11.1 Å². The number of hydrogen-bond donors (Lipinski definition) is 1. The second kappa shape index (κ2) is 5.98. The summed E-state index contributed by atoms with van der Waals surface area (Å²) < 4.78 is 6.15. The van der Waals surface area contributed by atoms with E-state index in [4.69, 9.17) is 22.7 Å². The molecule has 3 rings (SSSR count). The first-order valence-corrected chi connectivity index (χ1v) is 7.90. The molecule has 0 radical (unpaired) electrons. The number of para-hydroxylation sites is 1. The minimum Gasteiger partial charge on any atom is -0.474 e. The standard InChI is InChI=1S/C17H20N2OS/c1-11-5-4-7-13(9-11)20-17-14(16(18)21)10-12-6-2-3-8-15(12)19-17/h2-3,6,8,10-11,13H,4-5,7,9H2,1H3,(H2,18,21). The van der Waals surface area contributed by atoms with E-state index in [2.05, 4.69) is 11.9 Å². The monoisotopic (exact) mass is 300 g/mol. The van der Waals surface area contributed by atoms with Gasteiger partial charge in [-0.1, -0.05) is 43.8 Å². The summed E-state index contributed by atoms with van der Waals surface area (Å²) in [7, 11) is 0. The van der Waals surface area contributed by atoms with Crippen molar-refractivity contribution in [2.24, 2.45) is 11.7 Å². The van der Waals surface area contributed by atoms with Crippen LogP contribution in [0.15, 0.2) is 30.3 Å². The molecule has 0 spiro atoms. The summed E-state index contributed by atoms with van der Waals surface area (Å²) in [4.78, 5) is 4.97. The van der Waals surface area contributed by atoms with Gasteiger partial charge >= 0.3 is 0 Å². The number of pyridine rings is 1. The lowest BCUT2D eigenvalue weighted by Gasteiger charge is -2.27. The molecule has 4 heteroatoms. The molecule has 3 nitrogen and oxygen atoms in total. The van der Waals surface area contributed by atoms with Gasteiger partial charge in [0.15, 0.2) is 0 Å². The highest BCUT2D eigenvalue weighted by Gasteiger charge is 2.22. The quantitative estimate of drug-likeness (QED) is 0.875. The summed E-state index contributed by atoms with van der Waals surface area (Å²) in [5, 5.41) is 1.03. The number of nitrogens with two attached hydrogens (primary N) is 1. The van der Waals surface area contributed by atoms with Gasteiger partial charge in [0.2, 0.25) is 5.88 Å². The van der Waals surface area contributed by atoms with Crippen LogP contribution in [-0.4, -0.2) is 16.1 Å². The zero-order valence-corrected chi connectivity index (χ0v) is 13.0. The lowest BCUT2D eigenvalue weighted by atomic mass is 9.89. The van der Waals surface area contributed by atoms with Crippen molar-refractivity contribution in [1.82, 2.24) is 4.98 Å². The smallest absolute Gasteiger partial charge is 0.224 e. The van der Waals surface area contributed by atoms with Gasteiger partial charge in [-0.25, -0.2) is 4.98 Å². The topological polar surface area (TPSA) is 48.1 Å². The Morgan fingerprint density at radius 2 is 2.14 bits per heavy atom. The van der Waals surface area contributed by atoms with Gasteiger partial charge < -0.3 is 10.5 Å². The van der Waals surface area contributed by atoms with E-state index in [0.29, 0.717) is 16.8 Å². The maximum atomic E-state index is 6.15. The Hall–Kier alpha value is -1.68. The fraction of sp³-hybridized carbons (Fsp3) is 0.412. The molecule has 0 bridgehead atoms. The summed E-state index contributed by atoms with van der Waals surface area (Å²) in [6.07, 6.45) is 4.87. The number of hydrogen-bond acceptors (Lipinski definition) is 3. The van der Waals surface area contributed by atoms with E-state index >= 15 is 0 Å². The summed E-state index contributed by atoms with van der Waals surface area (Å²) in [5.74, 6) is 1.29. The van der Waals surface area contributed by atoms with Crippen molar-refractivity contribution in [2.45, 2.75) is 38.7 Å². The van der Waals surface area contributed by atoms with Crippen LogP contribution >= 0.6 is 12.2 Å². The summed E-state index contributed by atoms with van der Waals surface area (Å²) in [6, 6.07) is 9.93. The third-order valence-corrected chi connectivity index (χ3v) is 4.34. The first-order valence-electron chi connectivity index (χ1n) is 7.49.